The van der Waals surface area contributed by atoms with Gasteiger partial charge in [-0.3, -0.25) is 0 Å². The fourth-order valence-corrected chi connectivity index (χ4v) is 1.03. The van der Waals surface area contributed by atoms with Crippen LogP contribution in [0.5, 0.6) is 5.75 Å². The second-order valence-electron chi connectivity index (χ2n) is 1.93. The highest BCUT2D eigenvalue weighted by atomic mass is 31.1. The highest BCUT2D eigenvalue weighted by Gasteiger charge is 1.88. The molecule has 1 rings (SSSR count). The minimum absolute atomic E-state index is 0.110. The van der Waals surface area contributed by atoms with Gasteiger partial charge >= 0.3 is 0 Å². The standard InChI is InChI=1S/C8H11O2P/c1-2-9-11-10-8-6-4-3-5-7-8/h3-7,11H,2H2,1H3. The van der Waals surface area contributed by atoms with Crippen LogP contribution in [-0.4, -0.2) is 6.61 Å². The molecule has 0 aromatic heterocycles. The first-order valence-corrected chi connectivity index (χ1v) is 4.34. The molecule has 0 aliphatic heterocycles. The molecule has 11 heavy (non-hydrogen) atoms. The van der Waals surface area contributed by atoms with Crippen molar-refractivity contribution in [3.05, 3.63) is 30.3 Å². The van der Waals surface area contributed by atoms with Crippen LogP contribution < -0.4 is 4.52 Å². The van der Waals surface area contributed by atoms with Gasteiger partial charge in [-0.25, -0.2) is 0 Å². The van der Waals surface area contributed by atoms with E-state index in [1.165, 1.54) is 0 Å². The van der Waals surface area contributed by atoms with Crippen molar-refractivity contribution in [1.29, 1.82) is 0 Å². The zero-order valence-corrected chi connectivity index (χ0v) is 7.41. The number of rotatable bonds is 4. The summed E-state index contributed by atoms with van der Waals surface area (Å²) in [6, 6.07) is 9.65. The van der Waals surface area contributed by atoms with Crippen molar-refractivity contribution in [3.63, 3.8) is 0 Å². The number of hydrogen-bond donors (Lipinski definition) is 0. The molecule has 0 aliphatic carbocycles. The average Bonchev–Trinajstić information content (AvgIpc) is 2.07. The Bertz CT molecular complexity index is 189. The lowest BCUT2D eigenvalue weighted by atomic mass is 10.3. The number of para-hydroxylation sites is 1. The molecule has 0 radical (unpaired) electrons. The van der Waals surface area contributed by atoms with E-state index in [0.717, 1.165) is 5.75 Å². The average molecular weight is 170 g/mol. The van der Waals surface area contributed by atoms with Gasteiger partial charge in [0.25, 0.3) is 0 Å². The van der Waals surface area contributed by atoms with Gasteiger partial charge in [-0.05, 0) is 19.1 Å². The predicted molar refractivity (Wildman–Crippen MR) is 47.0 cm³/mol. The lowest BCUT2D eigenvalue weighted by molar-refractivity contribution is 0.351. The second kappa shape index (κ2) is 5.11. The van der Waals surface area contributed by atoms with Gasteiger partial charge in [0.15, 0.2) is 0 Å². The first kappa shape index (κ1) is 8.51. The smallest absolute Gasteiger partial charge is 0.215 e. The van der Waals surface area contributed by atoms with Crippen molar-refractivity contribution in [3.8, 4) is 5.75 Å². The monoisotopic (exact) mass is 170 g/mol. The van der Waals surface area contributed by atoms with Crippen LogP contribution in [0.2, 0.25) is 0 Å². The Labute approximate surface area is 68.5 Å². The summed E-state index contributed by atoms with van der Waals surface area (Å²) in [6.45, 7) is 2.65. The van der Waals surface area contributed by atoms with Gasteiger partial charge in [0.1, 0.15) is 5.75 Å². The molecule has 60 valence electrons. The Hall–Kier alpha value is -0.590. The topological polar surface area (TPSA) is 18.5 Å². The summed E-state index contributed by atoms with van der Waals surface area (Å²) in [5.41, 5.74) is 0. The molecular weight excluding hydrogens is 159 g/mol. The van der Waals surface area contributed by atoms with E-state index in [0.29, 0.717) is 6.61 Å². The van der Waals surface area contributed by atoms with Crippen molar-refractivity contribution >= 4 is 9.03 Å². The molecule has 3 heteroatoms. The summed E-state index contributed by atoms with van der Waals surface area (Å²) in [5.74, 6) is 0.860. The normalized spacial score (nSPS) is 10.6. The Balaban J connectivity index is 2.28. The predicted octanol–water partition coefficient (Wildman–Crippen LogP) is 2.61. The van der Waals surface area contributed by atoms with Gasteiger partial charge in [-0.15, -0.1) is 0 Å². The molecule has 2 nitrogen and oxygen atoms in total. The third-order valence-electron chi connectivity index (χ3n) is 1.11. The molecule has 0 heterocycles. The van der Waals surface area contributed by atoms with Gasteiger partial charge in [-0.1, -0.05) is 18.2 Å². The highest BCUT2D eigenvalue weighted by molar-refractivity contribution is 7.26. The fraction of sp³-hybridized carbons (Fsp3) is 0.250. The van der Waals surface area contributed by atoms with E-state index >= 15 is 0 Å². The molecule has 0 N–H and O–H groups in total. The van der Waals surface area contributed by atoms with Gasteiger partial charge < -0.3 is 9.05 Å². The van der Waals surface area contributed by atoms with E-state index in [2.05, 4.69) is 0 Å². The van der Waals surface area contributed by atoms with Crippen LogP contribution in [0.3, 0.4) is 0 Å². The molecule has 0 amide bonds. The van der Waals surface area contributed by atoms with Crippen LogP contribution >= 0.6 is 9.03 Å². The second-order valence-corrected chi connectivity index (χ2v) is 2.59. The third kappa shape index (κ3) is 3.35. The zero-order valence-electron chi connectivity index (χ0n) is 6.41. The summed E-state index contributed by atoms with van der Waals surface area (Å²) in [7, 11) is 0.110. The fourth-order valence-electron chi connectivity index (χ4n) is 0.625. The minimum Gasteiger partial charge on any atom is -0.450 e. The van der Waals surface area contributed by atoms with E-state index in [9.17, 15) is 0 Å². The first-order chi connectivity index (χ1) is 5.43. The van der Waals surface area contributed by atoms with E-state index < -0.39 is 0 Å². The lowest BCUT2D eigenvalue weighted by Crippen LogP contribution is -1.81. The molecule has 1 aromatic carbocycles. The van der Waals surface area contributed by atoms with Crippen molar-refractivity contribution in [2.24, 2.45) is 0 Å². The first-order valence-electron chi connectivity index (χ1n) is 3.52. The van der Waals surface area contributed by atoms with E-state index in [1.807, 2.05) is 37.3 Å². The summed E-state index contributed by atoms with van der Waals surface area (Å²) in [5, 5.41) is 0. The molecule has 0 saturated heterocycles. The van der Waals surface area contributed by atoms with Crippen LogP contribution in [0, 0.1) is 0 Å². The van der Waals surface area contributed by atoms with Gasteiger partial charge in [0.2, 0.25) is 9.03 Å². The molecule has 0 aliphatic rings. The lowest BCUT2D eigenvalue weighted by Gasteiger charge is -2.02. The largest absolute Gasteiger partial charge is 0.450 e. The summed E-state index contributed by atoms with van der Waals surface area (Å²) < 4.78 is 10.3. The van der Waals surface area contributed by atoms with Crippen LogP contribution in [0.25, 0.3) is 0 Å². The van der Waals surface area contributed by atoms with Gasteiger partial charge in [0.05, 0.1) is 6.61 Å². The van der Waals surface area contributed by atoms with Crippen molar-refractivity contribution in [2.75, 3.05) is 6.61 Å². The van der Waals surface area contributed by atoms with Crippen molar-refractivity contribution in [2.45, 2.75) is 6.92 Å². The number of hydrogen-bond acceptors (Lipinski definition) is 2. The molecule has 0 fully saturated rings. The third-order valence-corrected chi connectivity index (χ3v) is 1.83. The highest BCUT2D eigenvalue weighted by Crippen LogP contribution is 2.19. The Morgan fingerprint density at radius 3 is 2.64 bits per heavy atom. The molecule has 1 atom stereocenters. The van der Waals surface area contributed by atoms with Gasteiger partial charge in [0, 0.05) is 0 Å². The van der Waals surface area contributed by atoms with E-state index in [4.69, 9.17) is 9.05 Å². The van der Waals surface area contributed by atoms with Crippen LogP contribution in [0.4, 0.5) is 0 Å². The molecule has 0 bridgehead atoms. The Kier molecular flexibility index (Phi) is 3.95. The SMILES string of the molecule is CCOPOc1ccccc1. The summed E-state index contributed by atoms with van der Waals surface area (Å²) in [6.07, 6.45) is 0. The van der Waals surface area contributed by atoms with Crippen LogP contribution in [-0.2, 0) is 4.52 Å². The molecule has 0 spiro atoms. The van der Waals surface area contributed by atoms with E-state index in [1.54, 1.807) is 0 Å². The Morgan fingerprint density at radius 2 is 2.00 bits per heavy atom. The number of benzene rings is 1. The Morgan fingerprint density at radius 1 is 1.27 bits per heavy atom. The van der Waals surface area contributed by atoms with Crippen LogP contribution in [0.15, 0.2) is 30.3 Å². The maximum absolute atomic E-state index is 5.25. The molecule has 1 aromatic rings. The van der Waals surface area contributed by atoms with Crippen molar-refractivity contribution in [1.82, 2.24) is 0 Å². The zero-order chi connectivity index (χ0) is 7.94. The quantitative estimate of drug-likeness (QED) is 0.510. The minimum atomic E-state index is 0.110. The summed E-state index contributed by atoms with van der Waals surface area (Å²) in [4.78, 5) is 0. The van der Waals surface area contributed by atoms with Crippen LogP contribution in [0.1, 0.15) is 6.92 Å². The summed E-state index contributed by atoms with van der Waals surface area (Å²) >= 11 is 0. The van der Waals surface area contributed by atoms with E-state index in [-0.39, 0.29) is 9.03 Å². The van der Waals surface area contributed by atoms with Gasteiger partial charge in [-0.2, -0.15) is 0 Å². The van der Waals surface area contributed by atoms with Crippen molar-refractivity contribution < 1.29 is 9.05 Å². The maximum Gasteiger partial charge on any atom is 0.215 e. The maximum atomic E-state index is 5.25. The molecule has 0 saturated carbocycles. The molecular formula is C8H11O2P. The molecule has 1 unspecified atom stereocenters.